The Morgan fingerprint density at radius 1 is 1.11 bits per heavy atom. The number of anilines is 1. The molecule has 5 rings (SSSR count). The summed E-state index contributed by atoms with van der Waals surface area (Å²) in [6.07, 6.45) is 3.71. The van der Waals surface area contributed by atoms with E-state index in [2.05, 4.69) is 17.6 Å². The molecule has 3 heterocycles. The first-order valence-corrected chi connectivity index (χ1v) is 14.6. The topological polar surface area (TPSA) is 98.7 Å². The van der Waals surface area contributed by atoms with E-state index in [0.717, 1.165) is 24.8 Å². The molecule has 2 aromatic carbocycles. The SMILES string of the molecule is CCCC(C)NC(=O)C1N([C@@H](CO)Cc2ccccc2)C(=O)[C@@H]2[C@@H](C(=O)Nc3ccccc3)[C@H]3CCC12S3. The number of nitrogens with zero attached hydrogens (tertiary/aromatic N) is 1. The molecule has 2 bridgehead atoms. The number of fused-ring (bicyclic) bond motifs is 1. The van der Waals surface area contributed by atoms with Crippen LogP contribution in [0.15, 0.2) is 60.7 Å². The van der Waals surface area contributed by atoms with Gasteiger partial charge in [0.15, 0.2) is 0 Å². The lowest BCUT2D eigenvalue weighted by atomic mass is 9.70. The van der Waals surface area contributed by atoms with Gasteiger partial charge in [0.1, 0.15) is 6.04 Å². The fourth-order valence-electron chi connectivity index (χ4n) is 6.80. The largest absolute Gasteiger partial charge is 0.394 e. The zero-order chi connectivity index (χ0) is 26.9. The molecule has 3 N–H and O–H groups in total. The Morgan fingerprint density at radius 3 is 2.45 bits per heavy atom. The molecule has 7 atom stereocenters. The number of rotatable bonds is 10. The van der Waals surface area contributed by atoms with E-state index in [0.29, 0.717) is 18.5 Å². The van der Waals surface area contributed by atoms with Crippen molar-refractivity contribution in [3.05, 3.63) is 66.2 Å². The second-order valence-corrected chi connectivity index (χ2v) is 12.5. The molecule has 3 aliphatic rings. The monoisotopic (exact) mass is 535 g/mol. The summed E-state index contributed by atoms with van der Waals surface area (Å²) in [6.45, 7) is 3.81. The minimum Gasteiger partial charge on any atom is -0.394 e. The van der Waals surface area contributed by atoms with E-state index in [1.807, 2.05) is 67.6 Å². The van der Waals surface area contributed by atoms with E-state index in [1.54, 1.807) is 16.7 Å². The zero-order valence-electron chi connectivity index (χ0n) is 22.0. The molecule has 0 aromatic heterocycles. The number of aliphatic hydroxyl groups is 1. The predicted octanol–water partition coefficient (Wildman–Crippen LogP) is 3.62. The lowest BCUT2D eigenvalue weighted by Gasteiger charge is -2.37. The summed E-state index contributed by atoms with van der Waals surface area (Å²) in [6, 6.07) is 17.7. The van der Waals surface area contributed by atoms with Crippen LogP contribution in [0.4, 0.5) is 5.69 Å². The average molecular weight is 536 g/mol. The van der Waals surface area contributed by atoms with Crippen molar-refractivity contribution >= 4 is 35.2 Å². The normalized spacial score (nSPS) is 29.1. The molecule has 0 aliphatic carbocycles. The number of amides is 3. The van der Waals surface area contributed by atoms with Crippen molar-refractivity contribution in [2.75, 3.05) is 11.9 Å². The van der Waals surface area contributed by atoms with Crippen molar-refractivity contribution in [1.29, 1.82) is 0 Å². The standard InChI is InChI=1S/C30H37N3O4S/c1-3-10-19(2)31-28(36)26-30-16-15-23(38-30)24(27(35)32-21-13-8-5-9-14-21)25(30)29(37)33(26)22(18-34)17-20-11-6-4-7-12-20/h4-9,11-14,19,22-26,34H,3,10,15-18H2,1-2H3,(H,31,36)(H,32,35)/t19?,22-,23-,24+,25+,26?,30?/m1/s1. The van der Waals surface area contributed by atoms with Crippen LogP contribution < -0.4 is 10.6 Å². The van der Waals surface area contributed by atoms with E-state index in [-0.39, 0.29) is 35.6 Å². The van der Waals surface area contributed by atoms with Crippen LogP contribution in [-0.2, 0) is 20.8 Å². The molecule has 2 aromatic rings. The van der Waals surface area contributed by atoms with E-state index in [1.165, 1.54) is 0 Å². The first-order chi connectivity index (χ1) is 18.4. The molecule has 3 aliphatic heterocycles. The summed E-state index contributed by atoms with van der Waals surface area (Å²) in [4.78, 5) is 43.5. The van der Waals surface area contributed by atoms with Crippen molar-refractivity contribution in [3.63, 3.8) is 0 Å². The molecule has 3 saturated heterocycles. The van der Waals surface area contributed by atoms with Gasteiger partial charge in [-0.25, -0.2) is 0 Å². The molecule has 202 valence electrons. The zero-order valence-corrected chi connectivity index (χ0v) is 22.8. The summed E-state index contributed by atoms with van der Waals surface area (Å²) in [5.41, 5.74) is 1.68. The Balaban J connectivity index is 1.50. The van der Waals surface area contributed by atoms with Crippen molar-refractivity contribution in [2.45, 2.75) is 74.1 Å². The van der Waals surface area contributed by atoms with Crippen LogP contribution in [0.25, 0.3) is 0 Å². The lowest BCUT2D eigenvalue weighted by molar-refractivity contribution is -0.142. The van der Waals surface area contributed by atoms with Crippen LogP contribution in [0, 0.1) is 11.8 Å². The van der Waals surface area contributed by atoms with E-state index in [4.69, 9.17) is 0 Å². The van der Waals surface area contributed by atoms with E-state index >= 15 is 0 Å². The van der Waals surface area contributed by atoms with Crippen LogP contribution in [0.3, 0.4) is 0 Å². The van der Waals surface area contributed by atoms with Crippen molar-refractivity contribution < 1.29 is 19.5 Å². The molecular formula is C30H37N3O4S. The maximum absolute atomic E-state index is 14.3. The van der Waals surface area contributed by atoms with Gasteiger partial charge in [-0.1, -0.05) is 61.9 Å². The molecule has 3 amide bonds. The van der Waals surface area contributed by atoms with Gasteiger partial charge in [-0.3, -0.25) is 14.4 Å². The fraction of sp³-hybridized carbons (Fsp3) is 0.500. The van der Waals surface area contributed by atoms with Gasteiger partial charge < -0.3 is 20.6 Å². The Labute approximate surface area is 228 Å². The molecular weight excluding hydrogens is 498 g/mol. The van der Waals surface area contributed by atoms with Crippen molar-refractivity contribution in [3.8, 4) is 0 Å². The number of carbonyl (C=O) groups is 3. The van der Waals surface area contributed by atoms with Crippen LogP contribution >= 0.6 is 11.8 Å². The van der Waals surface area contributed by atoms with Gasteiger partial charge in [0, 0.05) is 17.0 Å². The summed E-state index contributed by atoms with van der Waals surface area (Å²) in [7, 11) is 0. The van der Waals surface area contributed by atoms with Gasteiger partial charge in [-0.2, -0.15) is 0 Å². The number of likely N-dealkylation sites (tertiary alicyclic amines) is 1. The van der Waals surface area contributed by atoms with Gasteiger partial charge >= 0.3 is 0 Å². The molecule has 38 heavy (non-hydrogen) atoms. The van der Waals surface area contributed by atoms with E-state index < -0.39 is 28.7 Å². The lowest BCUT2D eigenvalue weighted by Crippen LogP contribution is -2.58. The third kappa shape index (κ3) is 4.73. The van der Waals surface area contributed by atoms with Crippen LogP contribution in [0.5, 0.6) is 0 Å². The van der Waals surface area contributed by atoms with Crippen LogP contribution in [0.1, 0.15) is 45.1 Å². The second-order valence-electron chi connectivity index (χ2n) is 10.9. The molecule has 3 unspecified atom stereocenters. The van der Waals surface area contributed by atoms with Crippen molar-refractivity contribution in [1.82, 2.24) is 10.2 Å². The summed E-state index contributed by atoms with van der Waals surface area (Å²) in [5, 5.41) is 16.7. The minimum atomic E-state index is -0.732. The van der Waals surface area contributed by atoms with Crippen LogP contribution in [0.2, 0.25) is 0 Å². The first-order valence-electron chi connectivity index (χ1n) is 13.7. The number of para-hydroxylation sites is 1. The quantitative estimate of drug-likeness (QED) is 0.432. The van der Waals surface area contributed by atoms with Gasteiger partial charge in [-0.05, 0) is 50.3 Å². The van der Waals surface area contributed by atoms with Crippen molar-refractivity contribution in [2.24, 2.45) is 11.8 Å². The fourth-order valence-corrected chi connectivity index (χ4v) is 9.00. The van der Waals surface area contributed by atoms with E-state index in [9.17, 15) is 19.5 Å². The third-order valence-corrected chi connectivity index (χ3v) is 10.3. The van der Waals surface area contributed by atoms with Gasteiger partial charge in [0.05, 0.1) is 29.2 Å². The first kappa shape index (κ1) is 26.8. The Bertz CT molecular complexity index is 1160. The van der Waals surface area contributed by atoms with Crippen LogP contribution in [-0.4, -0.2) is 62.5 Å². The number of hydrogen-bond donors (Lipinski definition) is 3. The number of carbonyl (C=O) groups excluding carboxylic acids is 3. The highest BCUT2D eigenvalue weighted by atomic mass is 32.2. The average Bonchev–Trinajstić information content (AvgIpc) is 3.56. The summed E-state index contributed by atoms with van der Waals surface area (Å²) >= 11 is 1.65. The summed E-state index contributed by atoms with van der Waals surface area (Å²) in [5.74, 6) is -1.66. The highest BCUT2D eigenvalue weighted by molar-refractivity contribution is 8.02. The number of thioether (sulfide) groups is 1. The molecule has 7 nitrogen and oxygen atoms in total. The smallest absolute Gasteiger partial charge is 0.244 e. The number of hydrogen-bond acceptors (Lipinski definition) is 5. The molecule has 0 saturated carbocycles. The minimum absolute atomic E-state index is 0.0140. The predicted molar refractivity (Wildman–Crippen MR) is 150 cm³/mol. The Hall–Kier alpha value is -2.84. The second kappa shape index (κ2) is 11.1. The highest BCUT2D eigenvalue weighted by Gasteiger charge is 2.74. The maximum atomic E-state index is 14.3. The van der Waals surface area contributed by atoms with Gasteiger partial charge in [0.2, 0.25) is 17.7 Å². The third-order valence-electron chi connectivity index (χ3n) is 8.36. The molecule has 1 spiro atoms. The van der Waals surface area contributed by atoms with Gasteiger partial charge in [-0.15, -0.1) is 11.8 Å². The Morgan fingerprint density at radius 2 is 1.79 bits per heavy atom. The number of nitrogens with one attached hydrogen (secondary N) is 2. The highest BCUT2D eigenvalue weighted by Crippen LogP contribution is 2.66. The maximum Gasteiger partial charge on any atom is 0.244 e. The Kier molecular flexibility index (Phi) is 7.82. The molecule has 8 heteroatoms. The number of benzene rings is 2. The molecule has 0 radical (unpaired) electrons. The molecule has 3 fully saturated rings. The summed E-state index contributed by atoms with van der Waals surface area (Å²) < 4.78 is -0.680. The number of aliphatic hydroxyl groups excluding tert-OH is 1. The van der Waals surface area contributed by atoms with Gasteiger partial charge in [0.25, 0.3) is 0 Å².